The number of imide groups is 1. The number of carbonyl (C=O) groups is 3. The summed E-state index contributed by atoms with van der Waals surface area (Å²) in [6.07, 6.45) is 0.623. The minimum Gasteiger partial charge on any atom is -0.348 e. The average molecular weight is 288 g/mol. The predicted molar refractivity (Wildman–Crippen MR) is 65.8 cm³/mol. The zero-order valence-electron chi connectivity index (χ0n) is 10.6. The Morgan fingerprint density at radius 3 is 2.37 bits per heavy atom. The molecule has 19 heavy (non-hydrogen) atoms. The summed E-state index contributed by atoms with van der Waals surface area (Å²) in [5, 5.41) is 2.61. The van der Waals surface area contributed by atoms with Gasteiger partial charge >= 0.3 is 0 Å². The van der Waals surface area contributed by atoms with Crippen LogP contribution in [0.4, 0.5) is 0 Å². The van der Waals surface area contributed by atoms with Crippen molar-refractivity contribution in [1.82, 2.24) is 10.2 Å². The fourth-order valence-electron chi connectivity index (χ4n) is 2.43. The van der Waals surface area contributed by atoms with Gasteiger partial charge in [-0.05, 0) is 13.3 Å². The van der Waals surface area contributed by atoms with Crippen LogP contribution in [0.1, 0.15) is 26.2 Å². The number of carbonyl (C=O) groups excluding carboxylic acids is 3. The molecular formula is C11H16N2O5S. The number of sulfone groups is 1. The van der Waals surface area contributed by atoms with E-state index in [0.717, 1.165) is 4.90 Å². The Morgan fingerprint density at radius 2 is 1.89 bits per heavy atom. The smallest absolute Gasteiger partial charge is 0.240 e. The highest BCUT2D eigenvalue weighted by Crippen LogP contribution is 2.22. The maximum Gasteiger partial charge on any atom is 0.240 e. The second kappa shape index (κ2) is 4.59. The predicted octanol–water partition coefficient (Wildman–Crippen LogP) is -1.17. The van der Waals surface area contributed by atoms with Gasteiger partial charge in [0.15, 0.2) is 9.84 Å². The minimum atomic E-state index is -3.11. The number of nitrogens with one attached hydrogen (secondary N) is 1. The molecule has 2 aliphatic heterocycles. The van der Waals surface area contributed by atoms with Crippen molar-refractivity contribution in [3.63, 3.8) is 0 Å². The Morgan fingerprint density at radius 1 is 1.32 bits per heavy atom. The molecule has 106 valence electrons. The van der Waals surface area contributed by atoms with E-state index in [9.17, 15) is 22.8 Å². The standard InChI is InChI=1S/C11H16N2O5S/c1-11(4-5-19(17,18)7-11)12-8(14)6-13-9(15)2-3-10(13)16/h2-7H2,1H3,(H,12,14)/t11-/m1/s1. The third-order valence-electron chi connectivity index (χ3n) is 3.40. The van der Waals surface area contributed by atoms with Crippen LogP contribution in [-0.2, 0) is 24.2 Å². The molecule has 2 rings (SSSR count). The van der Waals surface area contributed by atoms with E-state index in [1.807, 2.05) is 0 Å². The summed E-state index contributed by atoms with van der Waals surface area (Å²) in [5.41, 5.74) is -0.804. The first-order valence-electron chi connectivity index (χ1n) is 6.05. The topological polar surface area (TPSA) is 101 Å². The maximum atomic E-state index is 11.8. The Hall–Kier alpha value is -1.44. The van der Waals surface area contributed by atoms with Gasteiger partial charge in [-0.1, -0.05) is 0 Å². The molecule has 2 aliphatic rings. The average Bonchev–Trinajstić information content (AvgIpc) is 2.71. The summed E-state index contributed by atoms with van der Waals surface area (Å²) < 4.78 is 22.8. The Kier molecular flexibility index (Phi) is 3.38. The molecule has 8 heteroatoms. The van der Waals surface area contributed by atoms with E-state index in [-0.39, 0.29) is 42.7 Å². The van der Waals surface area contributed by atoms with Crippen LogP contribution in [0.5, 0.6) is 0 Å². The van der Waals surface area contributed by atoms with Crippen molar-refractivity contribution >= 4 is 27.6 Å². The van der Waals surface area contributed by atoms with Crippen LogP contribution in [0.2, 0.25) is 0 Å². The minimum absolute atomic E-state index is 0.0470. The molecule has 0 radical (unpaired) electrons. The van der Waals surface area contributed by atoms with E-state index in [2.05, 4.69) is 5.32 Å². The van der Waals surface area contributed by atoms with Gasteiger partial charge < -0.3 is 5.32 Å². The fourth-order valence-corrected chi connectivity index (χ4v) is 4.52. The normalized spacial score (nSPS) is 29.8. The molecule has 0 spiro atoms. The molecule has 0 aromatic heterocycles. The molecule has 2 saturated heterocycles. The van der Waals surface area contributed by atoms with E-state index in [4.69, 9.17) is 0 Å². The molecule has 3 amide bonds. The van der Waals surface area contributed by atoms with Crippen LogP contribution in [0.3, 0.4) is 0 Å². The van der Waals surface area contributed by atoms with Gasteiger partial charge in [-0.25, -0.2) is 8.42 Å². The van der Waals surface area contributed by atoms with E-state index in [0.29, 0.717) is 6.42 Å². The van der Waals surface area contributed by atoms with E-state index in [1.165, 1.54) is 0 Å². The Labute approximate surface area is 111 Å². The highest BCUT2D eigenvalue weighted by Gasteiger charge is 2.40. The number of amides is 3. The Balaban J connectivity index is 1.95. The van der Waals surface area contributed by atoms with Gasteiger partial charge in [0.2, 0.25) is 17.7 Å². The van der Waals surface area contributed by atoms with Crippen molar-refractivity contribution in [1.29, 1.82) is 0 Å². The van der Waals surface area contributed by atoms with Crippen molar-refractivity contribution in [3.8, 4) is 0 Å². The molecule has 1 atom stereocenters. The number of hydrogen-bond donors (Lipinski definition) is 1. The molecule has 0 aromatic carbocycles. The van der Waals surface area contributed by atoms with E-state index in [1.54, 1.807) is 6.92 Å². The molecule has 0 aliphatic carbocycles. The lowest BCUT2D eigenvalue weighted by Crippen LogP contribution is -2.51. The summed E-state index contributed by atoms with van der Waals surface area (Å²) in [6.45, 7) is 1.33. The summed E-state index contributed by atoms with van der Waals surface area (Å²) in [7, 11) is -3.11. The van der Waals surface area contributed by atoms with Gasteiger partial charge in [0, 0.05) is 12.8 Å². The monoisotopic (exact) mass is 288 g/mol. The van der Waals surface area contributed by atoms with Crippen LogP contribution >= 0.6 is 0 Å². The van der Waals surface area contributed by atoms with Crippen LogP contribution < -0.4 is 5.32 Å². The van der Waals surface area contributed by atoms with Crippen molar-refractivity contribution in [2.24, 2.45) is 0 Å². The lowest BCUT2D eigenvalue weighted by atomic mass is 10.0. The molecular weight excluding hydrogens is 272 g/mol. The zero-order chi connectivity index (χ0) is 14.3. The van der Waals surface area contributed by atoms with Crippen molar-refractivity contribution in [3.05, 3.63) is 0 Å². The van der Waals surface area contributed by atoms with Crippen LogP contribution in [0, 0.1) is 0 Å². The summed E-state index contributed by atoms with van der Waals surface area (Å²) in [5.74, 6) is -1.27. The fraction of sp³-hybridized carbons (Fsp3) is 0.727. The summed E-state index contributed by atoms with van der Waals surface area (Å²) in [4.78, 5) is 35.5. The number of nitrogens with zero attached hydrogens (tertiary/aromatic N) is 1. The highest BCUT2D eigenvalue weighted by molar-refractivity contribution is 7.91. The summed E-state index contributed by atoms with van der Waals surface area (Å²) >= 11 is 0. The van der Waals surface area contributed by atoms with E-state index >= 15 is 0 Å². The van der Waals surface area contributed by atoms with Crippen LogP contribution in [-0.4, -0.2) is 54.6 Å². The second-order valence-corrected chi connectivity index (χ2v) is 7.51. The first-order chi connectivity index (χ1) is 8.71. The van der Waals surface area contributed by atoms with Crippen molar-refractivity contribution < 1.29 is 22.8 Å². The van der Waals surface area contributed by atoms with Gasteiger partial charge in [-0.15, -0.1) is 0 Å². The van der Waals surface area contributed by atoms with Crippen LogP contribution in [0.25, 0.3) is 0 Å². The molecule has 1 N–H and O–H groups in total. The highest BCUT2D eigenvalue weighted by atomic mass is 32.2. The first kappa shape index (κ1) is 14.0. The zero-order valence-corrected chi connectivity index (χ0v) is 11.5. The quantitative estimate of drug-likeness (QED) is 0.659. The van der Waals surface area contributed by atoms with Gasteiger partial charge in [-0.3, -0.25) is 19.3 Å². The maximum absolute atomic E-state index is 11.8. The second-order valence-electron chi connectivity index (χ2n) is 5.32. The molecule has 0 bridgehead atoms. The first-order valence-corrected chi connectivity index (χ1v) is 7.88. The Bertz CT molecular complexity index is 525. The number of likely N-dealkylation sites (tertiary alicyclic amines) is 1. The lowest BCUT2D eigenvalue weighted by molar-refractivity contribution is -0.142. The van der Waals surface area contributed by atoms with Crippen molar-refractivity contribution in [2.45, 2.75) is 31.7 Å². The largest absolute Gasteiger partial charge is 0.348 e. The third-order valence-corrected chi connectivity index (χ3v) is 5.30. The lowest BCUT2D eigenvalue weighted by Gasteiger charge is -2.25. The molecule has 2 fully saturated rings. The van der Waals surface area contributed by atoms with E-state index < -0.39 is 21.3 Å². The van der Waals surface area contributed by atoms with Crippen LogP contribution in [0.15, 0.2) is 0 Å². The van der Waals surface area contributed by atoms with Gasteiger partial charge in [0.1, 0.15) is 6.54 Å². The van der Waals surface area contributed by atoms with Gasteiger partial charge in [0.25, 0.3) is 0 Å². The van der Waals surface area contributed by atoms with Crippen molar-refractivity contribution in [2.75, 3.05) is 18.1 Å². The molecule has 0 aromatic rings. The molecule has 0 saturated carbocycles. The number of rotatable bonds is 3. The molecule has 0 unspecified atom stereocenters. The van der Waals surface area contributed by atoms with Gasteiger partial charge in [-0.2, -0.15) is 0 Å². The third kappa shape index (κ3) is 3.12. The SMILES string of the molecule is C[C@@]1(NC(=O)CN2C(=O)CCC2=O)CCS(=O)(=O)C1. The number of hydrogen-bond acceptors (Lipinski definition) is 5. The molecule has 2 heterocycles. The van der Waals surface area contributed by atoms with Gasteiger partial charge in [0.05, 0.1) is 17.0 Å². The molecule has 7 nitrogen and oxygen atoms in total. The summed E-state index contributed by atoms with van der Waals surface area (Å²) in [6, 6.07) is 0.